The van der Waals surface area contributed by atoms with Gasteiger partial charge in [0.1, 0.15) is 10.7 Å². The molecular weight excluding hydrogens is 287 g/mol. The van der Waals surface area contributed by atoms with Crippen LogP contribution < -0.4 is 4.72 Å². The molecule has 2 N–H and O–H groups in total. The predicted molar refractivity (Wildman–Crippen MR) is 68.4 cm³/mol. The number of halogens is 1. The van der Waals surface area contributed by atoms with Crippen LogP contribution in [0, 0.1) is 5.82 Å². The van der Waals surface area contributed by atoms with Gasteiger partial charge in [0.05, 0.1) is 11.3 Å². The molecule has 1 aromatic heterocycles. The second kappa shape index (κ2) is 5.25. The van der Waals surface area contributed by atoms with Crippen molar-refractivity contribution in [3.8, 4) is 0 Å². The summed E-state index contributed by atoms with van der Waals surface area (Å²) in [7, 11) is -3.97. The van der Waals surface area contributed by atoms with E-state index in [-0.39, 0.29) is 16.1 Å². The van der Waals surface area contributed by atoms with Gasteiger partial charge in [0.2, 0.25) is 0 Å². The molecule has 0 unspecified atom stereocenters. The molecule has 6 nitrogen and oxygen atoms in total. The number of pyridine rings is 1. The topological polar surface area (TPSA) is 96.4 Å². The third-order valence-corrected chi connectivity index (χ3v) is 3.76. The molecule has 104 valence electrons. The van der Waals surface area contributed by atoms with Crippen LogP contribution in [0.15, 0.2) is 47.6 Å². The number of anilines is 1. The highest BCUT2D eigenvalue weighted by Gasteiger charge is 2.17. The van der Waals surface area contributed by atoms with Gasteiger partial charge in [-0.1, -0.05) is 0 Å². The van der Waals surface area contributed by atoms with Crippen LogP contribution in [0.1, 0.15) is 10.4 Å². The Labute approximate surface area is 114 Å². The highest BCUT2D eigenvalue weighted by Crippen LogP contribution is 2.19. The molecule has 0 atom stereocenters. The number of carboxylic acid groups (broad SMARTS) is 1. The molecule has 0 saturated heterocycles. The summed E-state index contributed by atoms with van der Waals surface area (Å²) in [6, 6.07) is 5.62. The minimum absolute atomic E-state index is 0.123. The van der Waals surface area contributed by atoms with Gasteiger partial charge in [-0.2, -0.15) is 0 Å². The van der Waals surface area contributed by atoms with Crippen molar-refractivity contribution in [1.82, 2.24) is 4.98 Å². The van der Waals surface area contributed by atoms with Crippen molar-refractivity contribution < 1.29 is 22.7 Å². The molecule has 0 aliphatic carbocycles. The van der Waals surface area contributed by atoms with Gasteiger partial charge in [-0.3, -0.25) is 9.71 Å². The Morgan fingerprint density at radius 1 is 1.30 bits per heavy atom. The molecule has 0 radical (unpaired) electrons. The average Bonchev–Trinajstić information content (AvgIpc) is 2.41. The van der Waals surface area contributed by atoms with Gasteiger partial charge < -0.3 is 5.11 Å². The lowest BCUT2D eigenvalue weighted by atomic mass is 10.2. The van der Waals surface area contributed by atoms with Crippen LogP contribution in [-0.2, 0) is 10.0 Å². The third-order valence-electron chi connectivity index (χ3n) is 2.41. The minimum atomic E-state index is -3.97. The zero-order chi connectivity index (χ0) is 14.8. The standard InChI is InChI=1S/C12H9FN2O4S/c13-10-6-8(12(16)17)3-4-11(10)15-20(18,19)9-2-1-5-14-7-9/h1-7,15H,(H,16,17). The fourth-order valence-electron chi connectivity index (χ4n) is 1.44. The summed E-state index contributed by atoms with van der Waals surface area (Å²) in [4.78, 5) is 14.2. The normalized spacial score (nSPS) is 11.1. The second-order valence-electron chi connectivity index (χ2n) is 3.79. The smallest absolute Gasteiger partial charge is 0.335 e. The number of nitrogens with zero attached hydrogens (tertiary/aromatic N) is 1. The van der Waals surface area contributed by atoms with Gasteiger partial charge in [0, 0.05) is 12.4 Å². The predicted octanol–water partition coefficient (Wildman–Crippen LogP) is 1.72. The van der Waals surface area contributed by atoms with Crippen molar-refractivity contribution in [3.63, 3.8) is 0 Å². The molecule has 0 aliphatic heterocycles. The van der Waals surface area contributed by atoms with E-state index >= 15 is 0 Å². The Bertz CT molecular complexity index is 747. The van der Waals surface area contributed by atoms with Gasteiger partial charge in [-0.05, 0) is 30.3 Å². The molecule has 2 aromatic rings. The van der Waals surface area contributed by atoms with Crippen molar-refractivity contribution in [3.05, 3.63) is 54.1 Å². The van der Waals surface area contributed by atoms with Crippen molar-refractivity contribution in [2.75, 3.05) is 4.72 Å². The van der Waals surface area contributed by atoms with Crippen molar-refractivity contribution in [2.45, 2.75) is 4.90 Å². The van der Waals surface area contributed by atoms with Crippen LogP contribution in [0.2, 0.25) is 0 Å². The molecule has 0 amide bonds. The Morgan fingerprint density at radius 3 is 2.60 bits per heavy atom. The van der Waals surface area contributed by atoms with Crippen LogP contribution >= 0.6 is 0 Å². The number of nitrogens with one attached hydrogen (secondary N) is 1. The monoisotopic (exact) mass is 296 g/mol. The van der Waals surface area contributed by atoms with E-state index in [0.29, 0.717) is 0 Å². The molecule has 0 bridgehead atoms. The number of rotatable bonds is 4. The summed E-state index contributed by atoms with van der Waals surface area (Å²) in [6.45, 7) is 0. The number of aromatic nitrogens is 1. The Kier molecular flexibility index (Phi) is 3.66. The van der Waals surface area contributed by atoms with Crippen LogP contribution in [-0.4, -0.2) is 24.5 Å². The lowest BCUT2D eigenvalue weighted by Gasteiger charge is -2.09. The van der Waals surface area contributed by atoms with Crippen LogP contribution in [0.5, 0.6) is 0 Å². The number of hydrogen-bond donors (Lipinski definition) is 2. The highest BCUT2D eigenvalue weighted by atomic mass is 32.2. The molecule has 20 heavy (non-hydrogen) atoms. The fourth-order valence-corrected chi connectivity index (χ4v) is 2.47. The largest absolute Gasteiger partial charge is 0.478 e. The summed E-state index contributed by atoms with van der Waals surface area (Å²) in [5.74, 6) is -2.28. The lowest BCUT2D eigenvalue weighted by Crippen LogP contribution is -2.14. The van der Waals surface area contributed by atoms with E-state index in [0.717, 1.165) is 24.4 Å². The molecule has 0 spiro atoms. The summed E-state index contributed by atoms with van der Waals surface area (Å²) in [5.41, 5.74) is -0.606. The van der Waals surface area contributed by atoms with E-state index in [2.05, 4.69) is 4.98 Å². The maximum absolute atomic E-state index is 13.7. The highest BCUT2D eigenvalue weighted by molar-refractivity contribution is 7.92. The number of hydrogen-bond acceptors (Lipinski definition) is 4. The van der Waals surface area contributed by atoms with Crippen molar-refractivity contribution in [2.24, 2.45) is 0 Å². The van der Waals surface area contributed by atoms with Gasteiger partial charge in [0.25, 0.3) is 10.0 Å². The SMILES string of the molecule is O=C(O)c1ccc(NS(=O)(=O)c2cccnc2)c(F)c1. The molecule has 8 heteroatoms. The zero-order valence-electron chi connectivity index (χ0n) is 9.95. The molecule has 0 fully saturated rings. The van der Waals surface area contributed by atoms with E-state index in [4.69, 9.17) is 5.11 Å². The second-order valence-corrected chi connectivity index (χ2v) is 5.48. The van der Waals surface area contributed by atoms with Gasteiger partial charge >= 0.3 is 5.97 Å². The van der Waals surface area contributed by atoms with E-state index in [9.17, 15) is 17.6 Å². The maximum Gasteiger partial charge on any atom is 0.335 e. The van der Waals surface area contributed by atoms with Gasteiger partial charge in [0.15, 0.2) is 0 Å². The molecule has 1 heterocycles. The Balaban J connectivity index is 2.33. The summed E-state index contributed by atoms with van der Waals surface area (Å²) < 4.78 is 39.6. The van der Waals surface area contributed by atoms with Crippen LogP contribution in [0.4, 0.5) is 10.1 Å². The number of carboxylic acids is 1. The first-order chi connectivity index (χ1) is 9.40. The summed E-state index contributed by atoms with van der Waals surface area (Å²) in [6.07, 6.45) is 2.52. The van der Waals surface area contributed by atoms with Crippen LogP contribution in [0.3, 0.4) is 0 Å². The molecule has 0 aliphatic rings. The number of benzene rings is 1. The van der Waals surface area contributed by atoms with E-state index in [1.165, 1.54) is 18.3 Å². The van der Waals surface area contributed by atoms with Crippen LogP contribution in [0.25, 0.3) is 0 Å². The quantitative estimate of drug-likeness (QED) is 0.895. The first-order valence-electron chi connectivity index (χ1n) is 5.36. The van der Waals surface area contributed by atoms with E-state index in [1.54, 1.807) is 0 Å². The Hall–Kier alpha value is -2.48. The minimum Gasteiger partial charge on any atom is -0.478 e. The molecule has 1 aromatic carbocycles. The molecule has 2 rings (SSSR count). The first kappa shape index (κ1) is 13.9. The number of sulfonamides is 1. The van der Waals surface area contributed by atoms with Crippen molar-refractivity contribution >= 4 is 21.7 Å². The number of carbonyl (C=O) groups is 1. The van der Waals surface area contributed by atoms with E-state index in [1.807, 2.05) is 4.72 Å². The third kappa shape index (κ3) is 2.91. The summed E-state index contributed by atoms with van der Waals surface area (Å²) >= 11 is 0. The summed E-state index contributed by atoms with van der Waals surface area (Å²) in [5, 5.41) is 8.70. The fraction of sp³-hybridized carbons (Fsp3) is 0. The Morgan fingerprint density at radius 2 is 2.05 bits per heavy atom. The average molecular weight is 296 g/mol. The van der Waals surface area contributed by atoms with E-state index < -0.39 is 21.8 Å². The molecule has 0 saturated carbocycles. The maximum atomic E-state index is 13.7. The van der Waals surface area contributed by atoms with Gasteiger partial charge in [-0.15, -0.1) is 0 Å². The molecular formula is C12H9FN2O4S. The van der Waals surface area contributed by atoms with Crippen molar-refractivity contribution in [1.29, 1.82) is 0 Å². The van der Waals surface area contributed by atoms with Gasteiger partial charge in [-0.25, -0.2) is 17.6 Å². The lowest BCUT2D eigenvalue weighted by molar-refractivity contribution is 0.0696. The zero-order valence-corrected chi connectivity index (χ0v) is 10.8. The first-order valence-corrected chi connectivity index (χ1v) is 6.84. The number of aromatic carboxylic acids is 1.